The van der Waals surface area contributed by atoms with Crippen LogP contribution >= 0.6 is 0 Å². The van der Waals surface area contributed by atoms with Crippen molar-refractivity contribution in [1.29, 1.82) is 0 Å². The SMILES string of the molecule is C=C(CC[C@@H](C)[C@H]1CC=C2C3=C([C@@H](O)[C@H](OC(C)=O)[C@@]21C)[C@@]1(C)C[C@@H](O)[C@H](OC(=O)CN)C(C)(C)[C@@H]1CC3)C(C)C.O=C(O)C(F)(F)F. The van der Waals surface area contributed by atoms with Gasteiger partial charge in [-0.2, -0.15) is 13.2 Å². The fourth-order valence-corrected chi connectivity index (χ4v) is 9.46. The molecule has 4 aliphatic rings. The Labute approximate surface area is 281 Å². The number of aliphatic hydroxyl groups is 2. The molecular weight excluding hydrogens is 631 g/mol. The second-order valence-corrected chi connectivity index (χ2v) is 15.5. The summed E-state index contributed by atoms with van der Waals surface area (Å²) in [5.41, 5.74) is 8.39. The van der Waals surface area contributed by atoms with Gasteiger partial charge in [0.15, 0.2) is 0 Å². The first-order valence-electron chi connectivity index (χ1n) is 16.8. The van der Waals surface area contributed by atoms with Crippen LogP contribution in [-0.2, 0) is 23.9 Å². The van der Waals surface area contributed by atoms with E-state index in [1.165, 1.54) is 23.6 Å². The molecule has 0 aliphatic heterocycles. The van der Waals surface area contributed by atoms with E-state index in [0.717, 1.165) is 37.7 Å². The number of hydrogen-bond acceptors (Lipinski definition) is 8. The summed E-state index contributed by atoms with van der Waals surface area (Å²) in [6.45, 7) is 20.5. The third-order valence-corrected chi connectivity index (χ3v) is 11.8. The van der Waals surface area contributed by atoms with Crippen LogP contribution in [0.15, 0.2) is 34.9 Å². The molecule has 0 aromatic heterocycles. The average Bonchev–Trinajstić information content (AvgIpc) is 3.32. The molecule has 0 radical (unpaired) electrons. The first kappa shape index (κ1) is 39.7. The Balaban J connectivity index is 0.000000804. The Morgan fingerprint density at radius 3 is 2.17 bits per heavy atom. The van der Waals surface area contributed by atoms with Crippen LogP contribution in [0.3, 0.4) is 0 Å². The lowest BCUT2D eigenvalue weighted by atomic mass is 9.45. The Kier molecular flexibility index (Phi) is 11.8. The fraction of sp³-hybridized carbons (Fsp3) is 0.750. The number of ether oxygens (including phenoxy) is 2. The van der Waals surface area contributed by atoms with E-state index < -0.39 is 64.7 Å². The number of aliphatic hydroxyl groups excluding tert-OH is 2. The highest BCUT2D eigenvalue weighted by molar-refractivity contribution is 5.73. The van der Waals surface area contributed by atoms with Crippen LogP contribution in [0.2, 0.25) is 0 Å². The minimum absolute atomic E-state index is 0.0310. The Morgan fingerprint density at radius 1 is 1.08 bits per heavy atom. The molecule has 1 fully saturated rings. The van der Waals surface area contributed by atoms with Gasteiger partial charge in [0.1, 0.15) is 18.3 Å². The number of carbonyl (C=O) groups excluding carboxylic acids is 2. The molecule has 5 N–H and O–H groups in total. The molecule has 9 atom stereocenters. The lowest BCUT2D eigenvalue weighted by Gasteiger charge is -2.62. The molecule has 4 rings (SSSR count). The lowest BCUT2D eigenvalue weighted by molar-refractivity contribution is -0.196. The fourth-order valence-electron chi connectivity index (χ4n) is 9.46. The van der Waals surface area contributed by atoms with Gasteiger partial charge in [-0.25, -0.2) is 4.79 Å². The average molecular weight is 686 g/mol. The molecule has 0 aromatic rings. The molecule has 0 unspecified atom stereocenters. The Morgan fingerprint density at radius 2 is 1.67 bits per heavy atom. The summed E-state index contributed by atoms with van der Waals surface area (Å²) >= 11 is 0. The van der Waals surface area contributed by atoms with E-state index in [1.54, 1.807) is 0 Å². The van der Waals surface area contributed by atoms with Crippen molar-refractivity contribution in [3.05, 3.63) is 34.9 Å². The predicted octanol–water partition coefficient (Wildman–Crippen LogP) is 5.88. The molecule has 0 aromatic carbocycles. The van der Waals surface area contributed by atoms with E-state index in [4.69, 9.17) is 25.1 Å². The molecule has 9 nitrogen and oxygen atoms in total. The quantitative estimate of drug-likeness (QED) is 0.181. The highest BCUT2D eigenvalue weighted by Gasteiger charge is 2.65. The molecule has 0 saturated heterocycles. The highest BCUT2D eigenvalue weighted by atomic mass is 19.4. The van der Waals surface area contributed by atoms with Crippen LogP contribution in [0.25, 0.3) is 0 Å². The van der Waals surface area contributed by atoms with Gasteiger partial charge in [0.25, 0.3) is 0 Å². The number of carbonyl (C=O) groups is 3. The van der Waals surface area contributed by atoms with E-state index in [1.807, 2.05) is 13.8 Å². The third kappa shape index (κ3) is 7.26. The number of carboxylic acid groups (broad SMARTS) is 1. The van der Waals surface area contributed by atoms with Gasteiger partial charge in [0.2, 0.25) is 0 Å². The summed E-state index contributed by atoms with van der Waals surface area (Å²) in [6.07, 6.45) is -1.29. The number of nitrogens with two attached hydrogens (primary N) is 1. The summed E-state index contributed by atoms with van der Waals surface area (Å²) in [6, 6.07) is 0. The molecule has 272 valence electrons. The minimum atomic E-state index is -5.08. The molecule has 0 spiro atoms. The van der Waals surface area contributed by atoms with Crippen molar-refractivity contribution >= 4 is 17.9 Å². The van der Waals surface area contributed by atoms with Crippen LogP contribution in [0, 0.1) is 39.9 Å². The zero-order chi connectivity index (χ0) is 36.7. The van der Waals surface area contributed by atoms with Gasteiger partial charge in [0.05, 0.1) is 12.6 Å². The third-order valence-electron chi connectivity index (χ3n) is 11.8. The number of carboxylic acids is 1. The Bertz CT molecular complexity index is 1340. The normalized spacial score (nSPS) is 34.4. The molecule has 0 heterocycles. The van der Waals surface area contributed by atoms with Crippen molar-refractivity contribution in [1.82, 2.24) is 0 Å². The van der Waals surface area contributed by atoms with Crippen molar-refractivity contribution in [3.8, 4) is 0 Å². The summed E-state index contributed by atoms with van der Waals surface area (Å²) in [5.74, 6) is -2.66. The molecule has 0 amide bonds. The lowest BCUT2D eigenvalue weighted by Crippen LogP contribution is -2.63. The van der Waals surface area contributed by atoms with Crippen molar-refractivity contribution in [3.63, 3.8) is 0 Å². The monoisotopic (exact) mass is 685 g/mol. The molecule has 1 saturated carbocycles. The molecule has 48 heavy (non-hydrogen) atoms. The van der Waals surface area contributed by atoms with E-state index in [0.29, 0.717) is 18.3 Å². The van der Waals surface area contributed by atoms with Gasteiger partial charge in [-0.3, -0.25) is 9.59 Å². The molecule has 0 bridgehead atoms. The van der Waals surface area contributed by atoms with Crippen LogP contribution in [0.1, 0.15) is 93.9 Å². The van der Waals surface area contributed by atoms with Crippen LogP contribution in [0.5, 0.6) is 0 Å². The smallest absolute Gasteiger partial charge is 0.475 e. The number of alkyl halides is 3. The Hall–Kier alpha value is -2.70. The number of hydrogen-bond donors (Lipinski definition) is 4. The number of allylic oxidation sites excluding steroid dienone is 3. The zero-order valence-electron chi connectivity index (χ0n) is 29.4. The van der Waals surface area contributed by atoms with Crippen molar-refractivity contribution in [2.45, 2.75) is 125 Å². The van der Waals surface area contributed by atoms with Crippen LogP contribution < -0.4 is 5.73 Å². The largest absolute Gasteiger partial charge is 0.490 e. The van der Waals surface area contributed by atoms with Crippen molar-refractivity contribution in [2.24, 2.45) is 45.7 Å². The second kappa shape index (κ2) is 14.3. The van der Waals surface area contributed by atoms with Crippen molar-refractivity contribution < 1.29 is 52.3 Å². The molecule has 12 heteroatoms. The van der Waals surface area contributed by atoms with Gasteiger partial charge in [0, 0.05) is 17.8 Å². The van der Waals surface area contributed by atoms with E-state index in [-0.39, 0.29) is 18.4 Å². The first-order chi connectivity index (χ1) is 22.0. The van der Waals surface area contributed by atoms with E-state index in [9.17, 15) is 33.0 Å². The van der Waals surface area contributed by atoms with E-state index in [2.05, 4.69) is 47.3 Å². The maximum absolute atomic E-state index is 12.5. The van der Waals surface area contributed by atoms with E-state index >= 15 is 0 Å². The van der Waals surface area contributed by atoms with Gasteiger partial charge < -0.3 is 30.5 Å². The number of esters is 2. The highest BCUT2D eigenvalue weighted by Crippen LogP contribution is 2.67. The van der Waals surface area contributed by atoms with Gasteiger partial charge in [-0.15, -0.1) is 0 Å². The summed E-state index contributed by atoms with van der Waals surface area (Å²) < 4.78 is 43.5. The second-order valence-electron chi connectivity index (χ2n) is 15.5. The van der Waals surface area contributed by atoms with Crippen molar-refractivity contribution in [2.75, 3.05) is 6.54 Å². The minimum Gasteiger partial charge on any atom is -0.475 e. The topological polar surface area (TPSA) is 156 Å². The summed E-state index contributed by atoms with van der Waals surface area (Å²) in [7, 11) is 0. The first-order valence-corrected chi connectivity index (χ1v) is 16.8. The maximum atomic E-state index is 12.5. The predicted molar refractivity (Wildman–Crippen MR) is 173 cm³/mol. The zero-order valence-corrected chi connectivity index (χ0v) is 29.4. The van der Waals surface area contributed by atoms with Gasteiger partial charge in [-0.1, -0.05) is 66.7 Å². The number of fused-ring (bicyclic) bond motifs is 4. The molecular formula is C36H54F3NO8. The van der Waals surface area contributed by atoms with Gasteiger partial charge in [-0.05, 0) is 84.3 Å². The maximum Gasteiger partial charge on any atom is 0.490 e. The summed E-state index contributed by atoms with van der Waals surface area (Å²) in [5, 5.41) is 30.8. The number of aliphatic carboxylic acids is 1. The standard InChI is InChI=1S/C34H53NO6.C2HF3O2/c1-18(2)19(3)10-11-20(4)23-13-14-24-22-12-15-26-32(6,7)30(41-27(38)17-35)25(37)16-33(26,8)28(22)29(39)31(34(23,24)9)40-21(5)36;3-2(4,5)1(6)7/h14,18,20,23,25-26,29-31,37,39H,3,10-13,15-17,35H2,1-2,4-9H3;(H,6,7)/t20-,23-,25-,26+,29-,30+,31+,33+,34-;/m1./s1. The van der Waals surface area contributed by atoms with Gasteiger partial charge >= 0.3 is 24.1 Å². The summed E-state index contributed by atoms with van der Waals surface area (Å²) in [4.78, 5) is 33.6. The van der Waals surface area contributed by atoms with Crippen LogP contribution in [-0.4, -0.2) is 70.4 Å². The molecule has 4 aliphatic carbocycles. The van der Waals surface area contributed by atoms with Crippen LogP contribution in [0.4, 0.5) is 13.2 Å². The number of rotatable bonds is 8. The number of halogens is 3.